The molecule has 0 aliphatic rings. The Morgan fingerprint density at radius 3 is 2.44 bits per heavy atom. The van der Waals surface area contributed by atoms with Gasteiger partial charge in [-0.3, -0.25) is 4.79 Å². The van der Waals surface area contributed by atoms with Crippen LogP contribution in [0.3, 0.4) is 0 Å². The number of aromatic nitrogens is 1. The van der Waals surface area contributed by atoms with Gasteiger partial charge in [0.15, 0.2) is 12.0 Å². The molecular formula is C12H15NO3. The van der Waals surface area contributed by atoms with E-state index in [0.717, 1.165) is 5.69 Å². The molecule has 0 N–H and O–H groups in total. The minimum Gasteiger partial charge on any atom is -0.464 e. The van der Waals surface area contributed by atoms with Crippen molar-refractivity contribution >= 4 is 12.3 Å². The first-order valence-electron chi connectivity index (χ1n) is 4.95. The molecule has 0 aliphatic heterocycles. The van der Waals surface area contributed by atoms with Crippen molar-refractivity contribution in [1.29, 1.82) is 0 Å². The van der Waals surface area contributed by atoms with E-state index in [4.69, 9.17) is 0 Å². The van der Waals surface area contributed by atoms with Crippen molar-refractivity contribution in [3.05, 3.63) is 29.1 Å². The fraction of sp³-hybridized carbons (Fsp3) is 0.417. The lowest BCUT2D eigenvalue weighted by molar-refractivity contribution is 0.0591. The molecule has 0 aliphatic carbocycles. The number of carbonyl (C=O) groups excluding carboxylic acids is 2. The Morgan fingerprint density at radius 1 is 1.38 bits per heavy atom. The SMILES string of the molecule is COC(=O)c1nc(C(C)(C)C)ccc1C=O. The van der Waals surface area contributed by atoms with Crippen LogP contribution in [0, 0.1) is 0 Å². The van der Waals surface area contributed by atoms with Crippen molar-refractivity contribution in [2.45, 2.75) is 26.2 Å². The van der Waals surface area contributed by atoms with Gasteiger partial charge in [0.2, 0.25) is 0 Å². The molecule has 0 aromatic carbocycles. The molecule has 1 aromatic heterocycles. The molecule has 0 unspecified atom stereocenters. The first kappa shape index (κ1) is 12.4. The number of carbonyl (C=O) groups is 2. The van der Waals surface area contributed by atoms with Gasteiger partial charge in [-0.25, -0.2) is 9.78 Å². The topological polar surface area (TPSA) is 56.3 Å². The number of hydrogen-bond acceptors (Lipinski definition) is 4. The van der Waals surface area contributed by atoms with Crippen molar-refractivity contribution in [1.82, 2.24) is 4.98 Å². The third-order valence-electron chi connectivity index (χ3n) is 2.20. The summed E-state index contributed by atoms with van der Waals surface area (Å²) in [7, 11) is 1.27. The van der Waals surface area contributed by atoms with Crippen LogP contribution in [-0.2, 0) is 10.2 Å². The summed E-state index contributed by atoms with van der Waals surface area (Å²) in [6.45, 7) is 5.95. The molecule has 0 spiro atoms. The minimum atomic E-state index is -0.590. The molecule has 0 saturated heterocycles. The second-order valence-corrected chi connectivity index (χ2v) is 4.49. The van der Waals surface area contributed by atoms with Crippen LogP contribution in [0.25, 0.3) is 0 Å². The van der Waals surface area contributed by atoms with Crippen molar-refractivity contribution < 1.29 is 14.3 Å². The molecule has 0 amide bonds. The van der Waals surface area contributed by atoms with Crippen LogP contribution >= 0.6 is 0 Å². The van der Waals surface area contributed by atoms with Gasteiger partial charge in [0, 0.05) is 16.7 Å². The average molecular weight is 221 g/mol. The lowest BCUT2D eigenvalue weighted by Crippen LogP contribution is -2.17. The number of esters is 1. The maximum Gasteiger partial charge on any atom is 0.357 e. The molecule has 0 saturated carbocycles. The zero-order chi connectivity index (χ0) is 12.3. The van der Waals surface area contributed by atoms with Crippen LogP contribution in [-0.4, -0.2) is 24.3 Å². The van der Waals surface area contributed by atoms with Crippen LogP contribution < -0.4 is 0 Å². The Balaban J connectivity index is 3.32. The molecular weight excluding hydrogens is 206 g/mol. The zero-order valence-electron chi connectivity index (χ0n) is 9.90. The van der Waals surface area contributed by atoms with E-state index in [2.05, 4.69) is 9.72 Å². The summed E-state index contributed by atoms with van der Waals surface area (Å²) in [6, 6.07) is 3.34. The fourth-order valence-electron chi connectivity index (χ4n) is 1.24. The van der Waals surface area contributed by atoms with E-state index in [0.29, 0.717) is 6.29 Å². The van der Waals surface area contributed by atoms with Gasteiger partial charge in [-0.15, -0.1) is 0 Å². The van der Waals surface area contributed by atoms with Crippen molar-refractivity contribution in [3.63, 3.8) is 0 Å². The Bertz CT molecular complexity index is 419. The first-order chi connectivity index (χ1) is 7.40. The average Bonchev–Trinajstić information content (AvgIpc) is 2.25. The number of aldehydes is 1. The van der Waals surface area contributed by atoms with Crippen molar-refractivity contribution in [3.8, 4) is 0 Å². The smallest absolute Gasteiger partial charge is 0.357 e. The maximum absolute atomic E-state index is 11.4. The predicted molar refractivity (Wildman–Crippen MR) is 59.7 cm³/mol. The molecule has 0 fully saturated rings. The first-order valence-corrected chi connectivity index (χ1v) is 4.95. The lowest BCUT2D eigenvalue weighted by atomic mass is 9.91. The van der Waals surface area contributed by atoms with E-state index in [1.54, 1.807) is 12.1 Å². The zero-order valence-corrected chi connectivity index (χ0v) is 9.90. The summed E-state index contributed by atoms with van der Waals surface area (Å²) in [5.74, 6) is -0.590. The second-order valence-electron chi connectivity index (χ2n) is 4.49. The Morgan fingerprint density at radius 2 is 2.00 bits per heavy atom. The number of rotatable bonds is 2. The predicted octanol–water partition coefficient (Wildman–Crippen LogP) is 1.98. The molecule has 4 nitrogen and oxygen atoms in total. The number of methoxy groups -OCH3 is 1. The third kappa shape index (κ3) is 2.45. The summed E-state index contributed by atoms with van der Waals surface area (Å²) in [4.78, 5) is 26.4. The normalized spacial score (nSPS) is 11.0. The van der Waals surface area contributed by atoms with Crippen LogP contribution in [0.15, 0.2) is 12.1 Å². The Kier molecular flexibility index (Phi) is 3.42. The number of ether oxygens (including phenoxy) is 1. The van der Waals surface area contributed by atoms with E-state index in [1.807, 2.05) is 20.8 Å². The summed E-state index contributed by atoms with van der Waals surface area (Å²) in [6.07, 6.45) is 0.603. The van der Waals surface area contributed by atoms with E-state index < -0.39 is 5.97 Å². The number of hydrogen-bond donors (Lipinski definition) is 0. The molecule has 0 atom stereocenters. The Hall–Kier alpha value is -1.71. The van der Waals surface area contributed by atoms with Crippen LogP contribution in [0.4, 0.5) is 0 Å². The largest absolute Gasteiger partial charge is 0.464 e. The van der Waals surface area contributed by atoms with Gasteiger partial charge in [-0.1, -0.05) is 20.8 Å². The second kappa shape index (κ2) is 4.43. The number of nitrogens with zero attached hydrogens (tertiary/aromatic N) is 1. The van der Waals surface area contributed by atoms with Crippen LogP contribution in [0.5, 0.6) is 0 Å². The maximum atomic E-state index is 11.4. The molecule has 86 valence electrons. The minimum absolute atomic E-state index is 0.0740. The van der Waals surface area contributed by atoms with Gasteiger partial charge in [-0.05, 0) is 12.1 Å². The molecule has 0 radical (unpaired) electrons. The van der Waals surface area contributed by atoms with Gasteiger partial charge >= 0.3 is 5.97 Å². The lowest BCUT2D eigenvalue weighted by Gasteiger charge is -2.18. The summed E-state index contributed by atoms with van der Waals surface area (Å²) >= 11 is 0. The Labute approximate surface area is 94.6 Å². The summed E-state index contributed by atoms with van der Waals surface area (Å²) < 4.78 is 4.59. The molecule has 4 heteroatoms. The van der Waals surface area contributed by atoms with Gasteiger partial charge in [-0.2, -0.15) is 0 Å². The molecule has 1 rings (SSSR count). The van der Waals surface area contributed by atoms with E-state index in [1.165, 1.54) is 7.11 Å². The standard InChI is InChI=1S/C12H15NO3/c1-12(2,3)9-6-5-8(7-14)10(13-9)11(15)16-4/h5-7H,1-4H3. The summed E-state index contributed by atoms with van der Waals surface area (Å²) in [5, 5.41) is 0. The van der Waals surface area contributed by atoms with Gasteiger partial charge in [0.25, 0.3) is 0 Å². The molecule has 16 heavy (non-hydrogen) atoms. The third-order valence-corrected chi connectivity index (χ3v) is 2.20. The highest BCUT2D eigenvalue weighted by molar-refractivity contribution is 5.96. The van der Waals surface area contributed by atoms with E-state index in [-0.39, 0.29) is 16.7 Å². The van der Waals surface area contributed by atoms with E-state index in [9.17, 15) is 9.59 Å². The monoisotopic (exact) mass is 221 g/mol. The molecule has 0 bridgehead atoms. The number of pyridine rings is 1. The quantitative estimate of drug-likeness (QED) is 0.566. The highest BCUT2D eigenvalue weighted by Gasteiger charge is 2.20. The fourth-order valence-corrected chi connectivity index (χ4v) is 1.24. The molecule has 1 aromatic rings. The van der Waals surface area contributed by atoms with E-state index >= 15 is 0 Å². The van der Waals surface area contributed by atoms with Gasteiger partial charge in [0.05, 0.1) is 7.11 Å². The van der Waals surface area contributed by atoms with Crippen LogP contribution in [0.2, 0.25) is 0 Å². The van der Waals surface area contributed by atoms with Crippen molar-refractivity contribution in [2.75, 3.05) is 7.11 Å². The molecule has 1 heterocycles. The van der Waals surface area contributed by atoms with Gasteiger partial charge in [0.1, 0.15) is 0 Å². The highest BCUT2D eigenvalue weighted by atomic mass is 16.5. The van der Waals surface area contributed by atoms with Crippen LogP contribution in [0.1, 0.15) is 47.3 Å². The summed E-state index contributed by atoms with van der Waals surface area (Å²) in [5.41, 5.74) is 0.896. The van der Waals surface area contributed by atoms with Gasteiger partial charge < -0.3 is 4.74 Å². The van der Waals surface area contributed by atoms with Crippen molar-refractivity contribution in [2.24, 2.45) is 0 Å². The highest BCUT2D eigenvalue weighted by Crippen LogP contribution is 2.21.